The fourth-order valence-corrected chi connectivity index (χ4v) is 2.19. The second kappa shape index (κ2) is 5.05. The molecule has 0 bridgehead atoms. The van der Waals surface area contributed by atoms with E-state index < -0.39 is 0 Å². The van der Waals surface area contributed by atoms with Gasteiger partial charge in [-0.25, -0.2) is 14.9 Å². The molecule has 0 spiro atoms. The predicted octanol–water partition coefficient (Wildman–Crippen LogP) is 1.11. The number of nitrogens with two attached hydrogens (primary N) is 1. The highest BCUT2D eigenvalue weighted by atomic mass is 32.2. The average molecular weight is 251 g/mol. The van der Waals surface area contributed by atoms with Crippen molar-refractivity contribution in [3.8, 4) is 0 Å². The highest BCUT2D eigenvalue weighted by Crippen LogP contribution is 2.24. The monoisotopic (exact) mass is 251 g/mol. The summed E-state index contributed by atoms with van der Waals surface area (Å²) in [6, 6.07) is 3.57. The van der Waals surface area contributed by atoms with Crippen molar-refractivity contribution < 1.29 is 0 Å². The van der Waals surface area contributed by atoms with Gasteiger partial charge in [-0.1, -0.05) is 6.92 Å². The summed E-state index contributed by atoms with van der Waals surface area (Å²) in [4.78, 5) is 16.4. The van der Waals surface area contributed by atoms with Crippen LogP contribution >= 0.6 is 11.8 Å². The molecule has 0 aliphatic heterocycles. The number of H-pyrrole nitrogens is 1. The SMILES string of the molecule is CCCn1c(Sc2ccc(N)nc2)n[nH]c1=O. The first-order chi connectivity index (χ1) is 8.20. The predicted molar refractivity (Wildman–Crippen MR) is 65.9 cm³/mol. The minimum atomic E-state index is -0.183. The maximum absolute atomic E-state index is 11.5. The van der Waals surface area contributed by atoms with Crippen molar-refractivity contribution >= 4 is 17.6 Å². The van der Waals surface area contributed by atoms with Gasteiger partial charge in [0.05, 0.1) is 0 Å². The molecule has 0 amide bonds. The van der Waals surface area contributed by atoms with E-state index >= 15 is 0 Å². The molecule has 2 heterocycles. The molecule has 3 N–H and O–H groups in total. The lowest BCUT2D eigenvalue weighted by Gasteiger charge is -2.03. The number of hydrogen-bond donors (Lipinski definition) is 2. The van der Waals surface area contributed by atoms with Crippen molar-refractivity contribution in [2.75, 3.05) is 5.73 Å². The minimum absolute atomic E-state index is 0.183. The number of nitrogens with one attached hydrogen (secondary N) is 1. The first-order valence-corrected chi connectivity index (χ1v) is 6.07. The van der Waals surface area contributed by atoms with Gasteiger partial charge in [-0.3, -0.25) is 4.57 Å². The van der Waals surface area contributed by atoms with Crippen LogP contribution < -0.4 is 11.4 Å². The van der Waals surface area contributed by atoms with Crippen molar-refractivity contribution in [1.82, 2.24) is 19.7 Å². The number of anilines is 1. The lowest BCUT2D eigenvalue weighted by Crippen LogP contribution is -2.17. The van der Waals surface area contributed by atoms with Crippen molar-refractivity contribution in [2.45, 2.75) is 29.9 Å². The molecule has 0 saturated heterocycles. The third-order valence-corrected chi connectivity index (χ3v) is 3.11. The zero-order valence-corrected chi connectivity index (χ0v) is 10.2. The average Bonchev–Trinajstić information content (AvgIpc) is 2.65. The van der Waals surface area contributed by atoms with Crippen LogP contribution in [-0.2, 0) is 6.54 Å². The summed E-state index contributed by atoms with van der Waals surface area (Å²) in [5.41, 5.74) is 5.32. The molecule has 0 aliphatic rings. The van der Waals surface area contributed by atoms with Crippen LogP contribution in [0.15, 0.2) is 33.2 Å². The molecular formula is C10H13N5OS. The summed E-state index contributed by atoms with van der Waals surface area (Å²) >= 11 is 1.39. The van der Waals surface area contributed by atoms with Crippen LogP contribution in [0.4, 0.5) is 5.82 Å². The largest absolute Gasteiger partial charge is 0.384 e. The van der Waals surface area contributed by atoms with Crippen LogP contribution in [0.5, 0.6) is 0 Å². The topological polar surface area (TPSA) is 89.6 Å². The Morgan fingerprint density at radius 3 is 3.00 bits per heavy atom. The summed E-state index contributed by atoms with van der Waals surface area (Å²) in [6.45, 7) is 2.67. The molecule has 90 valence electrons. The van der Waals surface area contributed by atoms with Gasteiger partial charge in [-0.15, -0.1) is 5.10 Å². The number of aromatic nitrogens is 4. The van der Waals surface area contributed by atoms with Crippen LogP contribution in [0.2, 0.25) is 0 Å². The molecule has 0 fully saturated rings. The molecule has 0 atom stereocenters. The van der Waals surface area contributed by atoms with E-state index in [-0.39, 0.29) is 5.69 Å². The Hall–Kier alpha value is -1.76. The fraction of sp³-hybridized carbons (Fsp3) is 0.300. The second-order valence-electron chi connectivity index (χ2n) is 3.48. The van der Waals surface area contributed by atoms with Gasteiger partial charge >= 0.3 is 5.69 Å². The number of hydrogen-bond acceptors (Lipinski definition) is 5. The zero-order chi connectivity index (χ0) is 12.3. The van der Waals surface area contributed by atoms with Crippen molar-refractivity contribution in [3.05, 3.63) is 28.8 Å². The number of rotatable bonds is 4. The van der Waals surface area contributed by atoms with E-state index in [1.54, 1.807) is 16.8 Å². The van der Waals surface area contributed by atoms with Gasteiger partial charge in [0.2, 0.25) is 0 Å². The van der Waals surface area contributed by atoms with Gasteiger partial charge in [0.1, 0.15) is 5.82 Å². The maximum atomic E-state index is 11.5. The molecule has 17 heavy (non-hydrogen) atoms. The fourth-order valence-electron chi connectivity index (χ4n) is 1.36. The lowest BCUT2D eigenvalue weighted by atomic mass is 10.5. The van der Waals surface area contributed by atoms with Crippen molar-refractivity contribution in [2.24, 2.45) is 0 Å². The summed E-state index contributed by atoms with van der Waals surface area (Å²) in [5.74, 6) is 0.474. The Balaban J connectivity index is 2.23. The van der Waals surface area contributed by atoms with Crippen LogP contribution in [-0.4, -0.2) is 19.7 Å². The van der Waals surface area contributed by atoms with E-state index in [1.807, 2.05) is 13.0 Å². The number of aromatic amines is 1. The highest BCUT2D eigenvalue weighted by molar-refractivity contribution is 7.99. The van der Waals surface area contributed by atoms with Gasteiger partial charge in [0.15, 0.2) is 5.16 Å². The highest BCUT2D eigenvalue weighted by Gasteiger charge is 2.09. The van der Waals surface area contributed by atoms with Gasteiger partial charge < -0.3 is 5.73 Å². The molecule has 2 rings (SSSR count). The molecule has 0 unspecified atom stereocenters. The second-order valence-corrected chi connectivity index (χ2v) is 4.52. The summed E-state index contributed by atoms with van der Waals surface area (Å²) in [7, 11) is 0. The van der Waals surface area contributed by atoms with Gasteiger partial charge in [-0.2, -0.15) is 0 Å². The summed E-state index contributed by atoms with van der Waals surface area (Å²) in [5, 5.41) is 7.07. The Morgan fingerprint density at radius 2 is 2.35 bits per heavy atom. The number of nitrogen functional groups attached to an aromatic ring is 1. The smallest absolute Gasteiger partial charge is 0.343 e. The molecule has 7 heteroatoms. The molecule has 0 radical (unpaired) electrons. The molecule has 0 aromatic carbocycles. The normalized spacial score (nSPS) is 10.6. The van der Waals surface area contributed by atoms with E-state index in [2.05, 4.69) is 15.2 Å². The third kappa shape index (κ3) is 2.68. The number of nitrogens with zero attached hydrogens (tertiary/aromatic N) is 3. The van der Waals surface area contributed by atoms with Crippen LogP contribution in [0.25, 0.3) is 0 Å². The van der Waals surface area contributed by atoms with Crippen LogP contribution in [0.1, 0.15) is 13.3 Å². The minimum Gasteiger partial charge on any atom is -0.384 e. The first-order valence-electron chi connectivity index (χ1n) is 5.25. The van der Waals surface area contributed by atoms with Crippen molar-refractivity contribution in [1.29, 1.82) is 0 Å². The van der Waals surface area contributed by atoms with Gasteiger partial charge in [0, 0.05) is 17.6 Å². The Kier molecular flexibility index (Phi) is 3.48. The standard InChI is InChI=1S/C10H13N5OS/c1-2-5-15-9(16)13-14-10(15)17-7-3-4-8(11)12-6-7/h3-4,6H,2,5H2,1H3,(H2,11,12)(H,13,16). The molecule has 2 aromatic heterocycles. The molecule has 6 nitrogen and oxygen atoms in total. The van der Waals surface area contributed by atoms with Crippen LogP contribution in [0.3, 0.4) is 0 Å². The van der Waals surface area contributed by atoms with E-state index in [0.717, 1.165) is 11.3 Å². The maximum Gasteiger partial charge on any atom is 0.343 e. The zero-order valence-electron chi connectivity index (χ0n) is 9.38. The Bertz CT molecular complexity index is 545. The van der Waals surface area contributed by atoms with E-state index in [4.69, 9.17) is 5.73 Å². The van der Waals surface area contributed by atoms with Crippen molar-refractivity contribution in [3.63, 3.8) is 0 Å². The molecular weight excluding hydrogens is 238 g/mol. The summed E-state index contributed by atoms with van der Waals surface area (Å²) in [6.07, 6.45) is 2.54. The quantitative estimate of drug-likeness (QED) is 0.849. The molecule has 0 aliphatic carbocycles. The van der Waals surface area contributed by atoms with E-state index in [9.17, 15) is 4.79 Å². The summed E-state index contributed by atoms with van der Waals surface area (Å²) < 4.78 is 1.61. The molecule has 0 saturated carbocycles. The first kappa shape index (κ1) is 11.7. The number of pyridine rings is 1. The van der Waals surface area contributed by atoms with Gasteiger partial charge in [-0.05, 0) is 30.3 Å². The van der Waals surface area contributed by atoms with Gasteiger partial charge in [0.25, 0.3) is 0 Å². The lowest BCUT2D eigenvalue weighted by molar-refractivity contribution is 0.604. The Morgan fingerprint density at radius 1 is 1.53 bits per heavy atom. The molecule has 2 aromatic rings. The Labute approximate surface area is 102 Å². The van der Waals surface area contributed by atoms with E-state index in [0.29, 0.717) is 17.5 Å². The third-order valence-electron chi connectivity index (χ3n) is 2.14. The van der Waals surface area contributed by atoms with E-state index in [1.165, 1.54) is 11.8 Å². The van der Waals surface area contributed by atoms with Crippen LogP contribution in [0, 0.1) is 0 Å².